The molecule has 0 aromatic heterocycles. The molecule has 0 fully saturated rings. The predicted molar refractivity (Wildman–Crippen MR) is 102 cm³/mol. The Labute approximate surface area is 153 Å². The number of ether oxygens (including phenoxy) is 1. The molecule has 2 aromatic carbocycles. The molecule has 1 aliphatic rings. The Bertz CT molecular complexity index is 908. The number of anilines is 2. The van der Waals surface area contributed by atoms with Crippen LogP contribution in [0.3, 0.4) is 0 Å². The number of methoxy groups -OCH3 is 1. The van der Waals surface area contributed by atoms with Crippen LogP contribution in [0.25, 0.3) is 0 Å². The highest BCUT2D eigenvalue weighted by atomic mass is 32.2. The normalized spacial score (nSPS) is 14.1. The third kappa shape index (κ3) is 3.99. The summed E-state index contributed by atoms with van der Waals surface area (Å²) in [5.41, 5.74) is 3.04. The van der Waals surface area contributed by atoms with Gasteiger partial charge in [-0.25, -0.2) is 8.42 Å². The van der Waals surface area contributed by atoms with Crippen LogP contribution >= 0.6 is 0 Å². The first-order valence-electron chi connectivity index (χ1n) is 8.48. The zero-order valence-corrected chi connectivity index (χ0v) is 15.7. The highest BCUT2D eigenvalue weighted by molar-refractivity contribution is 7.91. The highest BCUT2D eigenvalue weighted by Gasteiger charge is 2.23. The molecule has 0 aliphatic carbocycles. The van der Waals surface area contributed by atoms with Gasteiger partial charge < -0.3 is 9.64 Å². The van der Waals surface area contributed by atoms with E-state index in [0.29, 0.717) is 36.4 Å². The van der Waals surface area contributed by atoms with E-state index in [9.17, 15) is 13.2 Å². The molecular weight excluding hydrogens is 352 g/mol. The summed E-state index contributed by atoms with van der Waals surface area (Å²) in [6.07, 6.45) is 1.07. The van der Waals surface area contributed by atoms with Crippen molar-refractivity contribution >= 4 is 27.3 Å². The van der Waals surface area contributed by atoms with Crippen LogP contribution in [0.4, 0.5) is 11.4 Å². The highest BCUT2D eigenvalue weighted by Crippen LogP contribution is 2.30. The minimum atomic E-state index is -3.54. The van der Waals surface area contributed by atoms with Crippen LogP contribution in [-0.4, -0.2) is 28.0 Å². The van der Waals surface area contributed by atoms with Crippen LogP contribution in [-0.2, 0) is 27.0 Å². The van der Waals surface area contributed by atoms with Crippen molar-refractivity contribution in [2.45, 2.75) is 25.5 Å². The first kappa shape index (κ1) is 18.3. The summed E-state index contributed by atoms with van der Waals surface area (Å²) in [6, 6.07) is 12.3. The van der Waals surface area contributed by atoms with E-state index in [2.05, 4.69) is 4.72 Å². The number of carbonyl (C=O) groups excluding carboxylic acids is 1. The Morgan fingerprint density at radius 3 is 2.50 bits per heavy atom. The van der Waals surface area contributed by atoms with Crippen LogP contribution in [0.1, 0.15) is 24.5 Å². The van der Waals surface area contributed by atoms with E-state index in [1.165, 1.54) is 0 Å². The number of benzene rings is 2. The van der Waals surface area contributed by atoms with E-state index in [0.717, 1.165) is 11.3 Å². The van der Waals surface area contributed by atoms with Gasteiger partial charge in [-0.1, -0.05) is 12.1 Å². The van der Waals surface area contributed by atoms with Crippen molar-refractivity contribution in [1.82, 2.24) is 0 Å². The number of nitrogens with one attached hydrogen (secondary N) is 1. The molecule has 3 rings (SSSR count). The molecule has 7 heteroatoms. The molecule has 0 radical (unpaired) electrons. The minimum absolute atomic E-state index is 0.104. The van der Waals surface area contributed by atoms with E-state index in [1.54, 1.807) is 48.4 Å². The molecule has 1 amide bonds. The molecule has 0 atom stereocenters. The van der Waals surface area contributed by atoms with Crippen LogP contribution in [0.15, 0.2) is 42.5 Å². The average Bonchev–Trinajstić information content (AvgIpc) is 2.61. The molecule has 26 heavy (non-hydrogen) atoms. The van der Waals surface area contributed by atoms with Crippen molar-refractivity contribution in [1.29, 1.82) is 0 Å². The number of sulfonamides is 1. The lowest BCUT2D eigenvalue weighted by atomic mass is 10.0. The Hall–Kier alpha value is -2.54. The molecule has 2 aromatic rings. The molecule has 0 spiro atoms. The fourth-order valence-corrected chi connectivity index (χ4v) is 4.32. The van der Waals surface area contributed by atoms with E-state index in [-0.39, 0.29) is 11.7 Å². The van der Waals surface area contributed by atoms with Gasteiger partial charge in [-0.15, -0.1) is 0 Å². The zero-order chi connectivity index (χ0) is 18.7. The van der Waals surface area contributed by atoms with Gasteiger partial charge in [0.1, 0.15) is 5.75 Å². The number of aryl methyl sites for hydroxylation is 1. The summed E-state index contributed by atoms with van der Waals surface area (Å²) in [4.78, 5) is 13.7. The number of rotatable bonds is 6. The second-order valence-corrected chi connectivity index (χ2v) is 7.91. The fourth-order valence-electron chi connectivity index (χ4n) is 3.13. The maximum absolute atomic E-state index is 12.5. The molecule has 6 nitrogen and oxygen atoms in total. The smallest absolute Gasteiger partial charge is 0.236 e. The standard InChI is InChI=1S/C19H22N2O4S/c1-3-21-18-10-7-16(12-15(18)6-11-19(21)22)20-26(23,24)13-14-4-8-17(25-2)9-5-14/h4-5,7-10,12,20H,3,6,11,13H2,1-2H3. The molecular formula is C19H22N2O4S. The quantitative estimate of drug-likeness (QED) is 0.843. The zero-order valence-electron chi connectivity index (χ0n) is 14.9. The lowest BCUT2D eigenvalue weighted by Gasteiger charge is -2.28. The van der Waals surface area contributed by atoms with E-state index in [1.807, 2.05) is 13.0 Å². The maximum Gasteiger partial charge on any atom is 0.236 e. The van der Waals surface area contributed by atoms with Gasteiger partial charge in [0.05, 0.1) is 12.9 Å². The molecule has 0 saturated heterocycles. The molecule has 138 valence electrons. The Balaban J connectivity index is 1.76. The van der Waals surface area contributed by atoms with Crippen molar-refractivity contribution in [3.8, 4) is 5.75 Å². The fraction of sp³-hybridized carbons (Fsp3) is 0.316. The first-order valence-corrected chi connectivity index (χ1v) is 10.1. The summed E-state index contributed by atoms with van der Waals surface area (Å²) in [6.45, 7) is 2.53. The van der Waals surface area contributed by atoms with Gasteiger partial charge in [-0.2, -0.15) is 0 Å². The SMILES string of the molecule is CCN1C(=O)CCc2cc(NS(=O)(=O)Cc3ccc(OC)cc3)ccc21. The van der Waals surface area contributed by atoms with Gasteiger partial charge >= 0.3 is 0 Å². The largest absolute Gasteiger partial charge is 0.497 e. The number of amides is 1. The monoisotopic (exact) mass is 374 g/mol. The van der Waals surface area contributed by atoms with Crippen molar-refractivity contribution in [2.75, 3.05) is 23.3 Å². The van der Waals surface area contributed by atoms with Crippen LogP contribution in [0.5, 0.6) is 5.75 Å². The predicted octanol–water partition coefficient (Wildman–Crippen LogP) is 2.94. The summed E-state index contributed by atoms with van der Waals surface area (Å²) in [7, 11) is -1.97. The van der Waals surface area contributed by atoms with E-state index in [4.69, 9.17) is 4.74 Å². The van der Waals surface area contributed by atoms with E-state index >= 15 is 0 Å². The molecule has 1 heterocycles. The van der Waals surface area contributed by atoms with Crippen molar-refractivity contribution in [3.05, 3.63) is 53.6 Å². The van der Waals surface area contributed by atoms with Gasteiger partial charge in [0, 0.05) is 24.3 Å². The molecule has 1 N–H and O–H groups in total. The number of hydrogen-bond acceptors (Lipinski definition) is 4. The Morgan fingerprint density at radius 2 is 1.85 bits per heavy atom. The second-order valence-electron chi connectivity index (χ2n) is 6.19. The molecule has 1 aliphatic heterocycles. The summed E-state index contributed by atoms with van der Waals surface area (Å²) >= 11 is 0. The van der Waals surface area contributed by atoms with Crippen molar-refractivity contribution < 1.29 is 17.9 Å². The summed E-state index contributed by atoms with van der Waals surface area (Å²) in [5, 5.41) is 0. The first-order chi connectivity index (χ1) is 12.4. The average molecular weight is 374 g/mol. The molecule has 0 bridgehead atoms. The minimum Gasteiger partial charge on any atom is -0.497 e. The molecule has 0 unspecified atom stereocenters. The summed E-state index contributed by atoms with van der Waals surface area (Å²) < 4.78 is 32.6. The molecule has 0 saturated carbocycles. The second kappa shape index (κ2) is 7.37. The third-order valence-electron chi connectivity index (χ3n) is 4.38. The number of hydrogen-bond donors (Lipinski definition) is 1. The Kier molecular flexibility index (Phi) is 5.18. The van der Waals surface area contributed by atoms with Gasteiger partial charge in [-0.05, 0) is 54.8 Å². The summed E-state index contributed by atoms with van der Waals surface area (Å²) in [5.74, 6) is 0.671. The van der Waals surface area contributed by atoms with Gasteiger partial charge in [0.25, 0.3) is 0 Å². The van der Waals surface area contributed by atoms with Crippen LogP contribution < -0.4 is 14.4 Å². The number of fused-ring (bicyclic) bond motifs is 1. The Morgan fingerprint density at radius 1 is 1.12 bits per heavy atom. The van der Waals surface area contributed by atoms with E-state index < -0.39 is 10.0 Å². The van der Waals surface area contributed by atoms with Crippen molar-refractivity contribution in [3.63, 3.8) is 0 Å². The van der Waals surface area contributed by atoms with Crippen LogP contribution in [0.2, 0.25) is 0 Å². The van der Waals surface area contributed by atoms with Gasteiger partial charge in [0.15, 0.2) is 0 Å². The number of nitrogens with zero attached hydrogens (tertiary/aromatic N) is 1. The topological polar surface area (TPSA) is 75.7 Å². The van der Waals surface area contributed by atoms with Gasteiger partial charge in [-0.3, -0.25) is 9.52 Å². The lowest BCUT2D eigenvalue weighted by Crippen LogP contribution is -2.34. The van der Waals surface area contributed by atoms with Gasteiger partial charge in [0.2, 0.25) is 15.9 Å². The maximum atomic E-state index is 12.5. The van der Waals surface area contributed by atoms with Crippen molar-refractivity contribution in [2.24, 2.45) is 0 Å². The number of carbonyl (C=O) groups is 1. The third-order valence-corrected chi connectivity index (χ3v) is 5.64. The van der Waals surface area contributed by atoms with Crippen LogP contribution in [0, 0.1) is 0 Å². The lowest BCUT2D eigenvalue weighted by molar-refractivity contribution is -0.118.